The number of nitrogens with zero attached hydrogens (tertiary/aromatic N) is 1. The van der Waals surface area contributed by atoms with Gasteiger partial charge in [0.15, 0.2) is 0 Å². The number of hydrogen-bond donors (Lipinski definition) is 4. The Hall–Kier alpha value is -3.10. The van der Waals surface area contributed by atoms with E-state index in [9.17, 15) is 19.8 Å². The van der Waals surface area contributed by atoms with Crippen LogP contribution in [0, 0.1) is 6.92 Å². The van der Waals surface area contributed by atoms with E-state index in [1.54, 1.807) is 13.8 Å². The van der Waals surface area contributed by atoms with Gasteiger partial charge in [0.25, 0.3) is 0 Å². The Bertz CT molecular complexity index is 1030. The maximum atomic E-state index is 13.0. The number of aryl methyl sites for hydroxylation is 1. The van der Waals surface area contributed by atoms with Crippen LogP contribution in [0.25, 0.3) is 0 Å². The first kappa shape index (κ1) is 27.5. The van der Waals surface area contributed by atoms with Gasteiger partial charge in [-0.3, -0.25) is 4.79 Å². The SMILES string of the molecule is CC[C@@H](CC(=O)O)c1ccc(N(CC(C)(C)O)C2CCOCC2)c(NC(=O)Nc2ccc(C)cc2)c1. The van der Waals surface area contributed by atoms with Gasteiger partial charge in [-0.25, -0.2) is 4.79 Å². The van der Waals surface area contributed by atoms with Crippen LogP contribution in [0.1, 0.15) is 63.5 Å². The summed E-state index contributed by atoms with van der Waals surface area (Å²) in [7, 11) is 0. The van der Waals surface area contributed by atoms with Crippen molar-refractivity contribution in [1.82, 2.24) is 0 Å². The first-order valence-corrected chi connectivity index (χ1v) is 12.6. The van der Waals surface area contributed by atoms with E-state index >= 15 is 0 Å². The van der Waals surface area contributed by atoms with E-state index in [0.717, 1.165) is 29.7 Å². The lowest BCUT2D eigenvalue weighted by molar-refractivity contribution is -0.137. The van der Waals surface area contributed by atoms with E-state index in [0.29, 0.717) is 37.6 Å². The number of ether oxygens (including phenoxy) is 1. The fourth-order valence-corrected chi connectivity index (χ4v) is 4.61. The summed E-state index contributed by atoms with van der Waals surface area (Å²) in [6.45, 7) is 9.13. The van der Waals surface area contributed by atoms with E-state index < -0.39 is 17.6 Å². The van der Waals surface area contributed by atoms with Crippen molar-refractivity contribution in [1.29, 1.82) is 0 Å². The fraction of sp³-hybridized carbons (Fsp3) is 0.500. The van der Waals surface area contributed by atoms with Gasteiger partial charge >= 0.3 is 12.0 Å². The molecule has 0 aromatic heterocycles. The molecule has 1 fully saturated rings. The molecule has 1 atom stereocenters. The van der Waals surface area contributed by atoms with Gasteiger partial charge in [0.2, 0.25) is 0 Å². The normalized spacial score (nSPS) is 15.2. The molecule has 0 bridgehead atoms. The lowest BCUT2D eigenvalue weighted by Crippen LogP contribution is -2.47. The number of hydrogen-bond acceptors (Lipinski definition) is 5. The molecule has 1 aliphatic heterocycles. The molecule has 2 aromatic carbocycles. The number of carbonyl (C=O) groups is 2. The molecule has 1 heterocycles. The second kappa shape index (κ2) is 12.2. The first-order valence-electron chi connectivity index (χ1n) is 12.6. The quantitative estimate of drug-likeness (QED) is 0.351. The third-order valence-corrected chi connectivity index (χ3v) is 6.46. The number of anilines is 3. The molecule has 2 aromatic rings. The minimum atomic E-state index is -0.965. The zero-order valence-corrected chi connectivity index (χ0v) is 21.7. The Morgan fingerprint density at radius 2 is 1.78 bits per heavy atom. The first-order chi connectivity index (χ1) is 17.1. The molecule has 4 N–H and O–H groups in total. The highest BCUT2D eigenvalue weighted by Crippen LogP contribution is 2.36. The van der Waals surface area contributed by atoms with Gasteiger partial charge in [0, 0.05) is 31.5 Å². The Balaban J connectivity index is 1.99. The van der Waals surface area contributed by atoms with Gasteiger partial charge < -0.3 is 30.5 Å². The van der Waals surface area contributed by atoms with Crippen LogP contribution in [0.2, 0.25) is 0 Å². The number of carbonyl (C=O) groups excluding carboxylic acids is 1. The van der Waals surface area contributed by atoms with Gasteiger partial charge in [-0.05, 0) is 75.8 Å². The van der Waals surface area contributed by atoms with Crippen molar-refractivity contribution < 1.29 is 24.5 Å². The Kier molecular flexibility index (Phi) is 9.34. The van der Waals surface area contributed by atoms with Gasteiger partial charge in [-0.15, -0.1) is 0 Å². The molecule has 3 rings (SSSR count). The van der Waals surface area contributed by atoms with Crippen LogP contribution in [0.4, 0.5) is 21.9 Å². The second-order valence-electron chi connectivity index (χ2n) is 10.2. The summed E-state index contributed by atoms with van der Waals surface area (Å²) >= 11 is 0. The maximum Gasteiger partial charge on any atom is 0.323 e. The zero-order chi connectivity index (χ0) is 26.3. The minimum absolute atomic E-state index is 0.0121. The fourth-order valence-electron chi connectivity index (χ4n) is 4.61. The van der Waals surface area contributed by atoms with Crippen LogP contribution in [0.5, 0.6) is 0 Å². The Morgan fingerprint density at radius 1 is 1.11 bits per heavy atom. The second-order valence-corrected chi connectivity index (χ2v) is 10.2. The van der Waals surface area contributed by atoms with Crippen molar-refractivity contribution in [3.8, 4) is 0 Å². The Labute approximate surface area is 213 Å². The number of carboxylic acids is 1. The molecular formula is C28H39N3O5. The van der Waals surface area contributed by atoms with Gasteiger partial charge in [0.1, 0.15) is 0 Å². The third kappa shape index (κ3) is 7.96. The van der Waals surface area contributed by atoms with Gasteiger partial charge in [-0.1, -0.05) is 30.7 Å². The Morgan fingerprint density at radius 3 is 2.36 bits per heavy atom. The van der Waals surface area contributed by atoms with Gasteiger partial charge in [-0.2, -0.15) is 0 Å². The van der Waals surface area contributed by atoms with E-state index in [1.165, 1.54) is 0 Å². The smallest absolute Gasteiger partial charge is 0.323 e. The number of rotatable bonds is 10. The summed E-state index contributed by atoms with van der Waals surface area (Å²) in [6, 6.07) is 13.0. The van der Waals surface area contributed by atoms with Crippen LogP contribution >= 0.6 is 0 Å². The highest BCUT2D eigenvalue weighted by Gasteiger charge is 2.29. The van der Waals surface area contributed by atoms with Crippen LogP contribution < -0.4 is 15.5 Å². The summed E-state index contributed by atoms with van der Waals surface area (Å²) in [6.07, 6.45) is 2.29. The van der Waals surface area contributed by atoms with E-state index in [4.69, 9.17) is 4.74 Å². The van der Waals surface area contributed by atoms with Crippen LogP contribution in [0.15, 0.2) is 42.5 Å². The molecule has 2 amide bonds. The zero-order valence-electron chi connectivity index (χ0n) is 21.7. The van der Waals surface area contributed by atoms with Crippen molar-refractivity contribution >= 4 is 29.1 Å². The van der Waals surface area contributed by atoms with Gasteiger partial charge in [0.05, 0.1) is 23.4 Å². The lowest BCUT2D eigenvalue weighted by atomic mass is 9.92. The number of aliphatic carboxylic acids is 1. The molecule has 0 aliphatic carbocycles. The van der Waals surface area contributed by atoms with Crippen molar-refractivity contribution in [3.05, 3.63) is 53.6 Å². The number of nitrogens with one attached hydrogen (secondary N) is 2. The summed E-state index contributed by atoms with van der Waals surface area (Å²) in [5.41, 5.74) is 3.02. The highest BCUT2D eigenvalue weighted by molar-refractivity contribution is 6.02. The van der Waals surface area contributed by atoms with Crippen molar-refractivity contribution in [3.63, 3.8) is 0 Å². The van der Waals surface area contributed by atoms with Crippen molar-refractivity contribution in [2.75, 3.05) is 35.3 Å². The van der Waals surface area contributed by atoms with E-state index in [1.807, 2.05) is 56.3 Å². The minimum Gasteiger partial charge on any atom is -0.481 e. The number of aliphatic hydroxyl groups is 1. The molecule has 36 heavy (non-hydrogen) atoms. The topological polar surface area (TPSA) is 111 Å². The standard InChI is InChI=1S/C28H39N3O5/c1-5-20(17-26(32)33)21-8-11-25(31(18-28(3,4)35)23-12-14-36-15-13-23)24(16-21)30-27(34)29-22-9-6-19(2)7-10-22/h6-11,16,20,23,35H,5,12-15,17-18H2,1-4H3,(H,32,33)(H2,29,30,34)/t20-/m0/s1. The molecule has 1 saturated heterocycles. The number of amides is 2. The highest BCUT2D eigenvalue weighted by atomic mass is 16.5. The predicted molar refractivity (Wildman–Crippen MR) is 143 cm³/mol. The lowest BCUT2D eigenvalue weighted by Gasteiger charge is -2.40. The van der Waals surface area contributed by atoms with E-state index in [2.05, 4.69) is 15.5 Å². The van der Waals surface area contributed by atoms with E-state index in [-0.39, 0.29) is 18.4 Å². The number of urea groups is 1. The average molecular weight is 498 g/mol. The largest absolute Gasteiger partial charge is 0.481 e. The summed E-state index contributed by atoms with van der Waals surface area (Å²) in [5, 5.41) is 26.0. The molecule has 196 valence electrons. The van der Waals surface area contributed by atoms with Crippen molar-refractivity contribution in [2.24, 2.45) is 0 Å². The molecular weight excluding hydrogens is 458 g/mol. The van der Waals surface area contributed by atoms with Crippen LogP contribution in [-0.2, 0) is 9.53 Å². The maximum absolute atomic E-state index is 13.0. The molecule has 8 nitrogen and oxygen atoms in total. The summed E-state index contributed by atoms with van der Waals surface area (Å²) in [4.78, 5) is 26.6. The molecule has 0 unspecified atom stereocenters. The van der Waals surface area contributed by atoms with Crippen LogP contribution in [-0.4, -0.2) is 53.6 Å². The summed E-state index contributed by atoms with van der Waals surface area (Å²) in [5.74, 6) is -1.04. The molecule has 0 spiro atoms. The molecule has 0 saturated carbocycles. The third-order valence-electron chi connectivity index (χ3n) is 6.46. The molecule has 1 aliphatic rings. The monoisotopic (exact) mass is 497 g/mol. The van der Waals surface area contributed by atoms with Crippen molar-refractivity contribution in [2.45, 2.75) is 70.9 Å². The molecule has 0 radical (unpaired) electrons. The average Bonchev–Trinajstić information content (AvgIpc) is 2.82. The summed E-state index contributed by atoms with van der Waals surface area (Å²) < 4.78 is 5.56. The predicted octanol–water partition coefficient (Wildman–Crippen LogP) is 5.36. The number of benzene rings is 2. The van der Waals surface area contributed by atoms with Crippen LogP contribution in [0.3, 0.4) is 0 Å². The molecule has 8 heteroatoms. The number of carboxylic acid groups (broad SMARTS) is 1.